The van der Waals surface area contributed by atoms with Crippen LogP contribution in [0.3, 0.4) is 0 Å². The Labute approximate surface area is 107 Å². The molecule has 0 aromatic carbocycles. The van der Waals surface area contributed by atoms with Gasteiger partial charge in [0.2, 0.25) is 0 Å². The second-order valence-corrected chi connectivity index (χ2v) is 4.77. The minimum absolute atomic E-state index is 1.07. The monoisotopic (exact) mass is 238 g/mol. The summed E-state index contributed by atoms with van der Waals surface area (Å²) in [4.78, 5) is 4.08. The molecule has 0 spiro atoms. The minimum Gasteiger partial charge on any atom is -0.336 e. The zero-order valence-electron chi connectivity index (χ0n) is 12.4. The Hall–Kier alpha value is -0.790. The van der Waals surface area contributed by atoms with Crippen molar-refractivity contribution in [1.82, 2.24) is 9.55 Å². The van der Waals surface area contributed by atoms with E-state index in [0.717, 1.165) is 5.82 Å². The van der Waals surface area contributed by atoms with Crippen molar-refractivity contribution in [2.45, 2.75) is 72.6 Å². The second-order valence-electron chi connectivity index (χ2n) is 4.77. The number of aromatic nitrogens is 2. The Morgan fingerprint density at radius 1 is 0.941 bits per heavy atom. The van der Waals surface area contributed by atoms with Gasteiger partial charge in [0.15, 0.2) is 0 Å². The number of imidazole rings is 1. The van der Waals surface area contributed by atoms with Crippen LogP contribution in [0.1, 0.15) is 70.3 Å². The van der Waals surface area contributed by atoms with Crippen molar-refractivity contribution in [3.63, 3.8) is 0 Å². The summed E-state index contributed by atoms with van der Waals surface area (Å²) < 4.78 is 2.06. The molecule has 0 aliphatic carbocycles. The number of aryl methyl sites for hydroxylation is 2. The number of nitrogens with zero attached hydrogens (tertiary/aromatic N) is 2. The van der Waals surface area contributed by atoms with E-state index >= 15 is 0 Å². The topological polar surface area (TPSA) is 17.8 Å². The minimum atomic E-state index is 1.07. The van der Waals surface area contributed by atoms with E-state index in [-0.39, 0.29) is 0 Å². The van der Waals surface area contributed by atoms with Crippen molar-refractivity contribution >= 4 is 0 Å². The molecule has 0 radical (unpaired) electrons. The van der Waals surface area contributed by atoms with Gasteiger partial charge in [0.1, 0.15) is 5.82 Å². The first kappa shape index (κ1) is 16.2. The molecule has 0 fully saturated rings. The molecule has 0 aliphatic rings. The number of rotatable bonds is 6. The summed E-state index contributed by atoms with van der Waals surface area (Å²) in [5.74, 6) is 1.07. The van der Waals surface area contributed by atoms with Crippen LogP contribution >= 0.6 is 0 Å². The van der Waals surface area contributed by atoms with E-state index in [4.69, 9.17) is 0 Å². The quantitative estimate of drug-likeness (QED) is 0.651. The van der Waals surface area contributed by atoms with Gasteiger partial charge in [0.25, 0.3) is 0 Å². The highest BCUT2D eigenvalue weighted by molar-refractivity contribution is 4.99. The smallest absolute Gasteiger partial charge is 0.105 e. The summed E-state index contributed by atoms with van der Waals surface area (Å²) in [6.07, 6.45) is 11.8. The highest BCUT2D eigenvalue weighted by atomic mass is 15.0. The van der Waals surface area contributed by atoms with Gasteiger partial charge in [0.05, 0.1) is 0 Å². The van der Waals surface area contributed by atoms with Gasteiger partial charge in [-0.1, -0.05) is 58.8 Å². The summed E-state index contributed by atoms with van der Waals surface area (Å²) >= 11 is 0. The van der Waals surface area contributed by atoms with Crippen LogP contribution in [0.25, 0.3) is 0 Å². The third kappa shape index (κ3) is 8.00. The van der Waals surface area contributed by atoms with Crippen LogP contribution in [-0.2, 0) is 7.05 Å². The summed E-state index contributed by atoms with van der Waals surface area (Å²) in [5.41, 5.74) is 1.21. The fraction of sp³-hybridized carbons (Fsp3) is 0.800. The molecule has 1 aromatic rings. The van der Waals surface area contributed by atoms with Crippen LogP contribution in [0.2, 0.25) is 0 Å². The standard InChI is InChI=1S/C9H20.C6H10N2/c1-3-5-7-9-8-6-4-2;1-5-4-7-6(2)8(5)3/h3-9H2,1-2H3;4H,1-3H3. The average Bonchev–Trinajstić information content (AvgIpc) is 2.61. The zero-order chi connectivity index (χ0) is 13.1. The molecule has 2 nitrogen and oxygen atoms in total. The van der Waals surface area contributed by atoms with Gasteiger partial charge in [-0.2, -0.15) is 0 Å². The molecule has 1 aromatic heterocycles. The summed E-state index contributed by atoms with van der Waals surface area (Å²) in [6.45, 7) is 8.56. The predicted octanol–water partition coefficient (Wildman–Crippen LogP) is 4.79. The van der Waals surface area contributed by atoms with Gasteiger partial charge in [-0.05, 0) is 13.8 Å². The molecule has 1 rings (SSSR count). The highest BCUT2D eigenvalue weighted by Gasteiger charge is 1.92. The summed E-state index contributed by atoms with van der Waals surface area (Å²) in [6, 6.07) is 0. The maximum atomic E-state index is 4.08. The normalized spacial score (nSPS) is 9.94. The van der Waals surface area contributed by atoms with Crippen LogP contribution in [0.15, 0.2) is 6.20 Å². The number of hydrogen-bond donors (Lipinski definition) is 0. The first-order valence-electron chi connectivity index (χ1n) is 7.08. The average molecular weight is 238 g/mol. The molecule has 0 N–H and O–H groups in total. The molecule has 17 heavy (non-hydrogen) atoms. The Morgan fingerprint density at radius 2 is 1.41 bits per heavy atom. The van der Waals surface area contributed by atoms with Crippen molar-refractivity contribution in [2.24, 2.45) is 7.05 Å². The van der Waals surface area contributed by atoms with E-state index in [2.05, 4.69) is 23.4 Å². The van der Waals surface area contributed by atoms with Gasteiger partial charge in [-0.3, -0.25) is 0 Å². The Balaban J connectivity index is 0.000000302. The van der Waals surface area contributed by atoms with Gasteiger partial charge in [-0.15, -0.1) is 0 Å². The lowest BCUT2D eigenvalue weighted by Gasteiger charge is -1.96. The van der Waals surface area contributed by atoms with E-state index in [9.17, 15) is 0 Å². The lowest BCUT2D eigenvalue weighted by molar-refractivity contribution is 0.602. The van der Waals surface area contributed by atoms with Gasteiger partial charge >= 0.3 is 0 Å². The summed E-state index contributed by atoms with van der Waals surface area (Å²) in [7, 11) is 2.01. The number of unbranched alkanes of at least 4 members (excludes halogenated alkanes) is 6. The van der Waals surface area contributed by atoms with Crippen molar-refractivity contribution in [1.29, 1.82) is 0 Å². The first-order valence-corrected chi connectivity index (χ1v) is 7.08. The third-order valence-electron chi connectivity index (χ3n) is 3.16. The fourth-order valence-corrected chi connectivity index (χ4v) is 1.65. The lowest BCUT2D eigenvalue weighted by atomic mass is 10.1. The zero-order valence-corrected chi connectivity index (χ0v) is 12.4. The molecular weight excluding hydrogens is 208 g/mol. The highest BCUT2D eigenvalue weighted by Crippen LogP contribution is 2.05. The van der Waals surface area contributed by atoms with Crippen LogP contribution < -0.4 is 0 Å². The number of hydrogen-bond acceptors (Lipinski definition) is 1. The molecule has 0 bridgehead atoms. The molecule has 0 saturated carbocycles. The third-order valence-corrected chi connectivity index (χ3v) is 3.16. The molecule has 100 valence electrons. The lowest BCUT2D eigenvalue weighted by Crippen LogP contribution is -1.92. The van der Waals surface area contributed by atoms with E-state index < -0.39 is 0 Å². The predicted molar refractivity (Wildman–Crippen MR) is 76.3 cm³/mol. The Morgan fingerprint density at radius 3 is 1.65 bits per heavy atom. The van der Waals surface area contributed by atoms with Gasteiger partial charge in [0, 0.05) is 18.9 Å². The van der Waals surface area contributed by atoms with Crippen LogP contribution in [0.5, 0.6) is 0 Å². The van der Waals surface area contributed by atoms with Gasteiger partial charge in [-0.25, -0.2) is 4.98 Å². The maximum absolute atomic E-state index is 4.08. The van der Waals surface area contributed by atoms with Crippen LogP contribution in [0.4, 0.5) is 0 Å². The molecular formula is C15H30N2. The molecule has 0 atom stereocenters. The molecule has 1 heterocycles. The van der Waals surface area contributed by atoms with E-state index in [1.54, 1.807) is 0 Å². The second kappa shape index (κ2) is 10.4. The fourth-order valence-electron chi connectivity index (χ4n) is 1.65. The van der Waals surface area contributed by atoms with Crippen molar-refractivity contribution < 1.29 is 0 Å². The van der Waals surface area contributed by atoms with Crippen LogP contribution in [-0.4, -0.2) is 9.55 Å². The molecule has 2 heteroatoms. The summed E-state index contributed by atoms with van der Waals surface area (Å²) in [5, 5.41) is 0. The van der Waals surface area contributed by atoms with Crippen molar-refractivity contribution in [3.05, 3.63) is 17.7 Å². The molecule has 0 unspecified atom stereocenters. The maximum Gasteiger partial charge on any atom is 0.105 e. The Bertz CT molecular complexity index is 251. The van der Waals surface area contributed by atoms with Crippen molar-refractivity contribution in [2.75, 3.05) is 0 Å². The van der Waals surface area contributed by atoms with Gasteiger partial charge < -0.3 is 4.57 Å². The Kier molecular flexibility index (Phi) is 9.89. The van der Waals surface area contributed by atoms with Crippen molar-refractivity contribution in [3.8, 4) is 0 Å². The molecule has 0 saturated heterocycles. The largest absolute Gasteiger partial charge is 0.336 e. The molecule has 0 amide bonds. The SMILES string of the molecule is CCCCCCCCC.Cc1cnc(C)n1C. The van der Waals surface area contributed by atoms with E-state index in [0.29, 0.717) is 0 Å². The van der Waals surface area contributed by atoms with Crippen LogP contribution in [0, 0.1) is 13.8 Å². The van der Waals surface area contributed by atoms with E-state index in [1.165, 1.54) is 50.6 Å². The molecule has 0 aliphatic heterocycles. The first-order chi connectivity index (χ1) is 8.13. The van der Waals surface area contributed by atoms with E-state index in [1.807, 2.05) is 27.1 Å².